The number of nitrogens with zero attached hydrogens (tertiary/aromatic N) is 2. The van der Waals surface area contributed by atoms with Crippen molar-refractivity contribution in [2.24, 2.45) is 11.3 Å². The molecule has 1 aliphatic rings. The first-order valence-corrected chi connectivity index (χ1v) is 7.78. The fourth-order valence-electron chi connectivity index (χ4n) is 2.48. The van der Waals surface area contributed by atoms with Gasteiger partial charge in [-0.3, -0.25) is 4.79 Å². The van der Waals surface area contributed by atoms with Gasteiger partial charge in [-0.15, -0.1) is 0 Å². The lowest BCUT2D eigenvalue weighted by Gasteiger charge is -2.27. The Labute approximate surface area is 120 Å². The second-order valence-electron chi connectivity index (χ2n) is 6.81. The van der Waals surface area contributed by atoms with Crippen LogP contribution in [0, 0.1) is 11.3 Å². The highest BCUT2D eigenvalue weighted by atomic mass is 32.1. The number of fused-ring (bicyclic) bond motifs is 1. The summed E-state index contributed by atoms with van der Waals surface area (Å²) in [5, 5.41) is 0.984. The van der Waals surface area contributed by atoms with Crippen molar-refractivity contribution in [1.29, 1.82) is 0 Å². The van der Waals surface area contributed by atoms with Crippen molar-refractivity contribution in [1.82, 2.24) is 4.98 Å². The first-order chi connectivity index (χ1) is 8.71. The van der Waals surface area contributed by atoms with E-state index in [4.69, 9.17) is 4.98 Å². The molecule has 4 heteroatoms. The lowest BCUT2D eigenvalue weighted by atomic mass is 9.78. The van der Waals surface area contributed by atoms with E-state index in [1.807, 2.05) is 0 Å². The summed E-state index contributed by atoms with van der Waals surface area (Å²) in [5.41, 5.74) is 1.06. The van der Waals surface area contributed by atoms with Gasteiger partial charge in [0.1, 0.15) is 0 Å². The van der Waals surface area contributed by atoms with E-state index >= 15 is 0 Å². The predicted octanol–water partition coefficient (Wildman–Crippen LogP) is 3.78. The lowest BCUT2D eigenvalue weighted by molar-refractivity contribution is 0.0916. The molecule has 3 nitrogen and oxygen atoms in total. The third-order valence-corrected chi connectivity index (χ3v) is 5.33. The Morgan fingerprint density at radius 1 is 1.26 bits per heavy atom. The fraction of sp³-hybridized carbons (Fsp3) is 0.733. The topological polar surface area (TPSA) is 33.2 Å². The highest BCUT2D eigenvalue weighted by Crippen LogP contribution is 2.39. The van der Waals surface area contributed by atoms with Gasteiger partial charge >= 0.3 is 0 Å². The number of thiazole rings is 1. The number of hydrogen-bond acceptors (Lipinski definition) is 4. The van der Waals surface area contributed by atoms with Crippen LogP contribution in [0.3, 0.4) is 0 Å². The first kappa shape index (κ1) is 14.5. The van der Waals surface area contributed by atoms with Crippen molar-refractivity contribution < 1.29 is 4.79 Å². The van der Waals surface area contributed by atoms with Crippen LogP contribution < -0.4 is 4.90 Å². The molecule has 1 atom stereocenters. The molecule has 1 aliphatic carbocycles. The van der Waals surface area contributed by atoms with Crippen molar-refractivity contribution in [3.05, 3.63) is 10.6 Å². The number of aromatic nitrogens is 1. The summed E-state index contributed by atoms with van der Waals surface area (Å²) in [5.74, 6) is 0.832. The number of hydrogen-bond donors (Lipinski definition) is 0. The Morgan fingerprint density at radius 3 is 2.47 bits per heavy atom. The van der Waals surface area contributed by atoms with Crippen LogP contribution in [0.15, 0.2) is 0 Å². The summed E-state index contributed by atoms with van der Waals surface area (Å²) < 4.78 is 0. The van der Waals surface area contributed by atoms with E-state index in [0.717, 1.165) is 22.1 Å². The molecule has 1 heterocycles. The molecule has 106 valence electrons. The highest BCUT2D eigenvalue weighted by molar-refractivity contribution is 7.17. The molecule has 0 spiro atoms. The van der Waals surface area contributed by atoms with E-state index in [2.05, 4.69) is 46.6 Å². The Hall–Kier alpha value is -0.900. The van der Waals surface area contributed by atoms with Crippen LogP contribution in [-0.2, 0) is 6.42 Å². The third kappa shape index (κ3) is 2.83. The van der Waals surface area contributed by atoms with E-state index in [0.29, 0.717) is 18.4 Å². The maximum atomic E-state index is 12.2. The van der Waals surface area contributed by atoms with E-state index in [-0.39, 0.29) is 11.2 Å². The maximum Gasteiger partial charge on any atom is 0.186 e. The summed E-state index contributed by atoms with van der Waals surface area (Å²) in [7, 11) is 2.07. The molecule has 1 unspecified atom stereocenters. The van der Waals surface area contributed by atoms with Crippen LogP contribution in [0.5, 0.6) is 0 Å². The molecule has 1 aromatic heterocycles. The Morgan fingerprint density at radius 2 is 1.89 bits per heavy atom. The monoisotopic (exact) mass is 280 g/mol. The van der Waals surface area contributed by atoms with Crippen LogP contribution >= 0.6 is 11.3 Å². The minimum absolute atomic E-state index is 0.0532. The minimum Gasteiger partial charge on any atom is -0.348 e. The second kappa shape index (κ2) is 4.89. The van der Waals surface area contributed by atoms with Gasteiger partial charge in [0.25, 0.3) is 0 Å². The van der Waals surface area contributed by atoms with Crippen LogP contribution in [0.1, 0.15) is 56.4 Å². The zero-order valence-corrected chi connectivity index (χ0v) is 13.6. The van der Waals surface area contributed by atoms with Crippen molar-refractivity contribution in [2.75, 3.05) is 11.9 Å². The molecule has 0 aliphatic heterocycles. The number of carbonyl (C=O) groups is 1. The smallest absolute Gasteiger partial charge is 0.186 e. The van der Waals surface area contributed by atoms with Crippen molar-refractivity contribution in [3.8, 4) is 0 Å². The summed E-state index contributed by atoms with van der Waals surface area (Å²) >= 11 is 1.56. The molecular weight excluding hydrogens is 256 g/mol. The largest absolute Gasteiger partial charge is 0.348 e. The Balaban J connectivity index is 2.30. The molecule has 0 N–H and O–H groups in total. The highest BCUT2D eigenvalue weighted by Gasteiger charge is 2.34. The zero-order chi connectivity index (χ0) is 14.4. The van der Waals surface area contributed by atoms with Gasteiger partial charge in [-0.2, -0.15) is 0 Å². The van der Waals surface area contributed by atoms with Gasteiger partial charge in [0.05, 0.1) is 10.6 Å². The molecule has 0 amide bonds. The minimum atomic E-state index is 0.0532. The Bertz CT molecular complexity index is 490. The number of ketones is 1. The molecule has 0 saturated carbocycles. The molecule has 0 radical (unpaired) electrons. The van der Waals surface area contributed by atoms with Gasteiger partial charge < -0.3 is 4.90 Å². The molecule has 2 rings (SSSR count). The van der Waals surface area contributed by atoms with E-state index in [9.17, 15) is 4.79 Å². The zero-order valence-electron chi connectivity index (χ0n) is 12.8. The van der Waals surface area contributed by atoms with Gasteiger partial charge in [-0.1, -0.05) is 39.0 Å². The van der Waals surface area contributed by atoms with E-state index in [1.54, 1.807) is 11.3 Å². The summed E-state index contributed by atoms with van der Waals surface area (Å²) in [4.78, 5) is 20.0. The van der Waals surface area contributed by atoms with Gasteiger partial charge in [-0.05, 0) is 24.7 Å². The average molecular weight is 280 g/mol. The molecule has 0 bridgehead atoms. The van der Waals surface area contributed by atoms with Gasteiger partial charge in [0.15, 0.2) is 10.9 Å². The first-order valence-electron chi connectivity index (χ1n) is 6.97. The van der Waals surface area contributed by atoms with E-state index in [1.165, 1.54) is 0 Å². The lowest BCUT2D eigenvalue weighted by Crippen LogP contribution is -2.33. The van der Waals surface area contributed by atoms with Crippen LogP contribution in [0.25, 0.3) is 0 Å². The van der Waals surface area contributed by atoms with Gasteiger partial charge in [-0.25, -0.2) is 4.98 Å². The average Bonchev–Trinajstić information content (AvgIpc) is 2.69. The Kier molecular flexibility index (Phi) is 3.74. The molecule has 0 aromatic carbocycles. The fourth-order valence-corrected chi connectivity index (χ4v) is 3.55. The SMILES string of the molecule is CC(C)C(C)N(C)c1nc2c(s1)C(=O)CC(C)(C)C2. The standard InChI is InChI=1S/C15H24N2OS/c1-9(2)10(3)17(6)14-16-11-7-15(4,5)8-12(18)13(11)19-14/h9-10H,7-8H2,1-6H3. The molecule has 1 aromatic rings. The number of anilines is 1. The maximum absolute atomic E-state index is 12.2. The molecule has 19 heavy (non-hydrogen) atoms. The molecular formula is C15H24N2OS. The molecule has 0 fully saturated rings. The summed E-state index contributed by atoms with van der Waals surface area (Å²) in [6, 6.07) is 0.427. The molecule has 0 saturated heterocycles. The number of carbonyl (C=O) groups excluding carboxylic acids is 1. The quantitative estimate of drug-likeness (QED) is 0.845. The van der Waals surface area contributed by atoms with Crippen LogP contribution in [0.2, 0.25) is 0 Å². The van der Waals surface area contributed by atoms with Crippen LogP contribution in [-0.4, -0.2) is 23.9 Å². The van der Waals surface area contributed by atoms with Crippen molar-refractivity contribution in [3.63, 3.8) is 0 Å². The summed E-state index contributed by atoms with van der Waals surface area (Å²) in [6.45, 7) is 10.9. The van der Waals surface area contributed by atoms with Crippen molar-refractivity contribution in [2.45, 2.75) is 53.5 Å². The number of rotatable bonds is 3. The second-order valence-corrected chi connectivity index (χ2v) is 7.79. The van der Waals surface area contributed by atoms with E-state index < -0.39 is 0 Å². The van der Waals surface area contributed by atoms with Crippen molar-refractivity contribution >= 4 is 22.3 Å². The summed E-state index contributed by atoms with van der Waals surface area (Å²) in [6.07, 6.45) is 1.56. The van der Waals surface area contributed by atoms with Gasteiger partial charge in [0, 0.05) is 19.5 Å². The third-order valence-electron chi connectivity index (χ3n) is 4.10. The number of Topliss-reactive ketones (excluding diaryl/α,β-unsaturated/α-hetero) is 1. The predicted molar refractivity (Wildman–Crippen MR) is 81.2 cm³/mol. The van der Waals surface area contributed by atoms with Gasteiger partial charge in [0.2, 0.25) is 0 Å². The van der Waals surface area contributed by atoms with Crippen LogP contribution in [0.4, 0.5) is 5.13 Å². The normalized spacial score (nSPS) is 19.4.